The van der Waals surface area contributed by atoms with E-state index in [0.717, 1.165) is 16.3 Å². The molecule has 3 heteroatoms. The molecule has 96 valence electrons. The molecule has 0 amide bonds. The van der Waals surface area contributed by atoms with Gasteiger partial charge in [-0.1, -0.05) is 0 Å². The molecule has 10 fully saturated rings. The van der Waals surface area contributed by atoms with E-state index in [0.29, 0.717) is 0 Å². The number of ether oxygens (including phenoxy) is 1. The third kappa shape index (κ3) is 0.0682. The molecule has 0 bridgehead atoms. The molecule has 1 spiro atoms. The summed E-state index contributed by atoms with van der Waals surface area (Å²) in [6.45, 7) is 1.13. The van der Waals surface area contributed by atoms with Crippen molar-refractivity contribution < 1.29 is 16.0 Å². The van der Waals surface area contributed by atoms with E-state index in [-0.39, 0.29) is 5.97 Å². The van der Waals surface area contributed by atoms with Gasteiger partial charge < -0.3 is 0 Å². The Morgan fingerprint density at radius 3 is 1.89 bits per heavy atom. The molecule has 10 saturated heterocycles. The first-order chi connectivity index (χ1) is 8.41. The molecule has 0 saturated carbocycles. The van der Waals surface area contributed by atoms with Crippen molar-refractivity contribution in [1.29, 1.82) is 0 Å². The van der Waals surface area contributed by atoms with Gasteiger partial charge in [0.2, 0.25) is 0 Å². The molecular formula is C15H16FeO2. The molecule has 10 aliphatic heterocycles. The summed E-state index contributed by atoms with van der Waals surface area (Å²) in [5.74, 6) is -0.119. The Hall–Kier alpha value is -0.271. The fourth-order valence-electron chi connectivity index (χ4n) is 17.7. The summed E-state index contributed by atoms with van der Waals surface area (Å²) in [5.41, 5.74) is 0.825. The van der Waals surface area contributed by atoms with Crippen LogP contribution in [0.3, 0.4) is 0 Å². The SMILES string of the molecule is C=C(C[C]12[CH]3[CH]4[CH]5[CH]1[Fe]45321678[CH]2[CH]1[CH]6[CH]7[CH]28)C(=O)OC. The fourth-order valence-corrected chi connectivity index (χ4v) is 92.6. The van der Waals surface area contributed by atoms with Gasteiger partial charge in [0.05, 0.1) is 0 Å². The summed E-state index contributed by atoms with van der Waals surface area (Å²) in [7, 11) is 1.51. The molecule has 0 N–H and O–H groups in total. The Morgan fingerprint density at radius 2 is 1.61 bits per heavy atom. The predicted molar refractivity (Wildman–Crippen MR) is 62.2 cm³/mol. The van der Waals surface area contributed by atoms with Crippen LogP contribution < -0.4 is 0 Å². The average molecular weight is 284 g/mol. The van der Waals surface area contributed by atoms with E-state index in [1.165, 1.54) is 50.5 Å². The number of esters is 1. The molecule has 2 nitrogen and oxygen atoms in total. The Morgan fingerprint density at radius 1 is 1.11 bits per heavy atom. The first kappa shape index (κ1) is 6.95. The Kier molecular flexibility index (Phi) is 0.217. The van der Waals surface area contributed by atoms with E-state index < -0.39 is 6.51 Å². The van der Waals surface area contributed by atoms with Gasteiger partial charge in [0.25, 0.3) is 0 Å². The van der Waals surface area contributed by atoms with E-state index in [1.807, 2.05) is 0 Å². The van der Waals surface area contributed by atoms with Crippen LogP contribution in [0.4, 0.5) is 0 Å². The second-order valence-electron chi connectivity index (χ2n) is 11.1. The third-order valence-corrected chi connectivity index (χ3v) is 58.9. The van der Waals surface area contributed by atoms with Crippen LogP contribution in [0.1, 0.15) is 6.42 Å². The van der Waals surface area contributed by atoms with Crippen molar-refractivity contribution in [1.82, 2.24) is 0 Å². The number of hydrogen-bond donors (Lipinski definition) is 0. The molecular weight excluding hydrogens is 268 g/mol. The number of carbonyl (C=O) groups is 1. The van der Waals surface area contributed by atoms with Gasteiger partial charge in [-0.05, 0) is 0 Å². The van der Waals surface area contributed by atoms with Crippen molar-refractivity contribution in [2.45, 2.75) is 54.1 Å². The number of hydrogen-bond acceptors (Lipinski definition) is 2. The summed E-state index contributed by atoms with van der Waals surface area (Å²) in [6, 6.07) is 0. The summed E-state index contributed by atoms with van der Waals surface area (Å²) < 4.78 is 5.71. The van der Waals surface area contributed by atoms with Crippen molar-refractivity contribution >= 4 is 5.97 Å². The molecule has 0 aliphatic carbocycles. The summed E-state index contributed by atoms with van der Waals surface area (Å²) in [5, 5.41) is 0. The van der Waals surface area contributed by atoms with Crippen LogP contribution >= 0.6 is 0 Å². The second-order valence-corrected chi connectivity index (χ2v) is 34.8. The van der Waals surface area contributed by atoms with Crippen LogP contribution in [-0.4, -0.2) is 13.1 Å². The van der Waals surface area contributed by atoms with E-state index in [1.54, 1.807) is 0 Å². The van der Waals surface area contributed by atoms with Crippen LogP contribution in [0, 0.1) is 0 Å². The normalized spacial score (nSPS) is 113. The standard InChI is InChI=1S/C10H11O2.C5H5.Fe/c1-8(10(11)12-2)7-9-5-3-4-6-9;1-2-4-5-3-1;/h3-6H,1,7H2,2H3;1-5H;. The van der Waals surface area contributed by atoms with Crippen molar-refractivity contribution in [3.8, 4) is 0 Å². The van der Waals surface area contributed by atoms with Crippen LogP contribution in [0.5, 0.6) is 0 Å². The topological polar surface area (TPSA) is 26.3 Å². The summed E-state index contributed by atoms with van der Waals surface area (Å²) >= 11 is 0. The van der Waals surface area contributed by atoms with Gasteiger partial charge >= 0.3 is 95.4 Å². The predicted octanol–water partition coefficient (Wildman–Crippen LogP) is 3.87. The summed E-state index contributed by atoms with van der Waals surface area (Å²) in [4.78, 5) is 23.7. The van der Waals surface area contributed by atoms with Crippen molar-refractivity contribution in [3.05, 3.63) is 12.2 Å². The zero-order chi connectivity index (χ0) is 11.6. The van der Waals surface area contributed by atoms with Gasteiger partial charge in [-0.15, -0.1) is 0 Å². The van der Waals surface area contributed by atoms with Crippen molar-refractivity contribution in [2.75, 3.05) is 7.11 Å². The number of fused-ring (bicyclic) bond motifs is 10. The molecule has 4 unspecified atom stereocenters. The summed E-state index contributed by atoms with van der Waals surface area (Å²) in [6.07, 6.45) is 1.09. The fraction of sp³-hybridized carbons (Fsp3) is 0.800. The molecule has 0 aromatic heterocycles. The van der Waals surface area contributed by atoms with Crippen LogP contribution in [0.25, 0.3) is 0 Å². The molecule has 0 radical (unpaired) electrons. The molecule has 10 rings (SSSR count). The van der Waals surface area contributed by atoms with E-state index in [4.69, 9.17) is 4.74 Å². The molecule has 4 atom stereocenters. The van der Waals surface area contributed by atoms with E-state index in [9.17, 15) is 4.79 Å². The number of carbonyl (C=O) groups excluding carboxylic acids is 1. The van der Waals surface area contributed by atoms with Gasteiger partial charge in [-0.3, -0.25) is 0 Å². The Labute approximate surface area is 95.4 Å². The first-order valence-electron chi connectivity index (χ1n) is 7.39. The van der Waals surface area contributed by atoms with Crippen LogP contribution in [0.15, 0.2) is 12.2 Å². The maximum absolute atomic E-state index is 11.8. The van der Waals surface area contributed by atoms with Gasteiger partial charge in [-0.25, -0.2) is 0 Å². The Balaban J connectivity index is 1.39. The third-order valence-electron chi connectivity index (χ3n) is 15.9. The molecule has 0 aromatic carbocycles. The van der Waals surface area contributed by atoms with Crippen molar-refractivity contribution in [2.24, 2.45) is 0 Å². The molecule has 10 aliphatic rings. The first-order valence-corrected chi connectivity index (χ1v) is 13.7. The quantitative estimate of drug-likeness (QED) is 0.447. The van der Waals surface area contributed by atoms with Gasteiger partial charge in [-0.2, -0.15) is 0 Å². The monoisotopic (exact) mass is 284 g/mol. The second kappa shape index (κ2) is 0.563. The van der Waals surface area contributed by atoms with E-state index in [2.05, 4.69) is 6.58 Å². The van der Waals surface area contributed by atoms with Gasteiger partial charge in [0.15, 0.2) is 0 Å². The average Bonchev–Trinajstić information content (AvgIpc) is 3.30. The van der Waals surface area contributed by atoms with Gasteiger partial charge in [0.1, 0.15) is 0 Å². The molecule has 0 aromatic rings. The van der Waals surface area contributed by atoms with Crippen LogP contribution in [-0.2, 0) is 16.0 Å². The molecule has 10 heterocycles. The number of rotatable bonds is 3. The molecule has 18 heavy (non-hydrogen) atoms. The number of methoxy groups -OCH3 is 1. The Bertz CT molecular complexity index is 971. The minimum absolute atomic E-state index is 0.119. The zero-order valence-corrected chi connectivity index (χ0v) is 11.4. The van der Waals surface area contributed by atoms with Gasteiger partial charge in [0, 0.05) is 0 Å². The van der Waals surface area contributed by atoms with Crippen molar-refractivity contribution in [3.63, 3.8) is 0 Å². The van der Waals surface area contributed by atoms with Crippen LogP contribution in [0.2, 0.25) is 47.7 Å². The zero-order valence-electron chi connectivity index (χ0n) is 10.3. The maximum atomic E-state index is 11.8. The minimum atomic E-state index is -2.95. The van der Waals surface area contributed by atoms with E-state index >= 15 is 0 Å².